The molecule has 138 valence electrons. The summed E-state index contributed by atoms with van der Waals surface area (Å²) in [5.74, 6) is 0.0111. The first-order chi connectivity index (χ1) is 12.4. The molecule has 0 aliphatic carbocycles. The van der Waals surface area contributed by atoms with E-state index in [2.05, 4.69) is 10.6 Å². The summed E-state index contributed by atoms with van der Waals surface area (Å²) in [7, 11) is 1.51. The lowest BCUT2D eigenvalue weighted by Gasteiger charge is -2.15. The van der Waals surface area contributed by atoms with Gasteiger partial charge in [-0.15, -0.1) is 0 Å². The molecule has 0 unspecified atom stereocenters. The summed E-state index contributed by atoms with van der Waals surface area (Å²) in [5.41, 5.74) is 1.91. The van der Waals surface area contributed by atoms with E-state index in [4.69, 9.17) is 4.74 Å². The van der Waals surface area contributed by atoms with E-state index in [1.807, 2.05) is 12.1 Å². The molecule has 1 aliphatic heterocycles. The first-order valence-corrected chi connectivity index (χ1v) is 8.32. The Kier molecular flexibility index (Phi) is 5.06. The molecule has 0 bridgehead atoms. The lowest BCUT2D eigenvalue weighted by molar-refractivity contribution is -0.137. The molecule has 1 heterocycles. The van der Waals surface area contributed by atoms with Gasteiger partial charge in [-0.25, -0.2) is 0 Å². The third kappa shape index (κ3) is 3.92. The fourth-order valence-electron chi connectivity index (χ4n) is 2.93. The highest BCUT2D eigenvalue weighted by atomic mass is 19.4. The van der Waals surface area contributed by atoms with Crippen LogP contribution in [-0.4, -0.2) is 19.6 Å². The number of amides is 1. The predicted molar refractivity (Wildman–Crippen MR) is 93.8 cm³/mol. The predicted octanol–water partition coefficient (Wildman–Crippen LogP) is 4.71. The number of halogens is 3. The maximum absolute atomic E-state index is 12.6. The Morgan fingerprint density at radius 2 is 1.88 bits per heavy atom. The fourth-order valence-corrected chi connectivity index (χ4v) is 2.93. The quantitative estimate of drug-likeness (QED) is 0.829. The molecule has 4 nitrogen and oxygen atoms in total. The average Bonchev–Trinajstić information content (AvgIpc) is 2.85. The third-order valence-electron chi connectivity index (χ3n) is 4.34. The number of carbonyl (C=O) groups excluding carboxylic acids is 1. The summed E-state index contributed by atoms with van der Waals surface area (Å²) >= 11 is 0. The van der Waals surface area contributed by atoms with Crippen molar-refractivity contribution in [3.63, 3.8) is 0 Å². The Labute approximate surface area is 149 Å². The number of rotatable bonds is 3. The number of carbonyl (C=O) groups is 1. The van der Waals surface area contributed by atoms with Crippen molar-refractivity contribution in [2.75, 3.05) is 24.3 Å². The maximum atomic E-state index is 12.6. The van der Waals surface area contributed by atoms with E-state index < -0.39 is 17.6 Å². The molecule has 0 saturated carbocycles. The Balaban J connectivity index is 1.83. The molecule has 0 aromatic heterocycles. The summed E-state index contributed by atoms with van der Waals surface area (Å²) in [6.45, 7) is 0.882. The van der Waals surface area contributed by atoms with Crippen LogP contribution in [0.2, 0.25) is 0 Å². The maximum Gasteiger partial charge on any atom is 0.416 e. The van der Waals surface area contributed by atoms with E-state index in [0.29, 0.717) is 11.4 Å². The van der Waals surface area contributed by atoms with Crippen LogP contribution < -0.4 is 15.4 Å². The monoisotopic (exact) mass is 364 g/mol. The molecule has 0 spiro atoms. The highest BCUT2D eigenvalue weighted by molar-refractivity contribution is 6.05. The van der Waals surface area contributed by atoms with Crippen molar-refractivity contribution >= 4 is 17.3 Å². The van der Waals surface area contributed by atoms with Crippen LogP contribution in [0.4, 0.5) is 24.5 Å². The Bertz CT molecular complexity index is 802. The number of benzene rings is 2. The van der Waals surface area contributed by atoms with Crippen LogP contribution in [0.5, 0.6) is 5.75 Å². The van der Waals surface area contributed by atoms with Gasteiger partial charge < -0.3 is 15.4 Å². The number of fused-ring (bicyclic) bond motifs is 1. The molecule has 2 N–H and O–H groups in total. The van der Waals surface area contributed by atoms with Gasteiger partial charge in [0.05, 0.1) is 18.4 Å². The molecule has 3 rings (SSSR count). The van der Waals surface area contributed by atoms with E-state index >= 15 is 0 Å². The van der Waals surface area contributed by atoms with Gasteiger partial charge in [0.1, 0.15) is 5.75 Å². The number of hydrogen-bond acceptors (Lipinski definition) is 3. The number of nitrogens with one attached hydrogen (secondary N) is 2. The number of methoxy groups -OCH3 is 1. The van der Waals surface area contributed by atoms with Crippen molar-refractivity contribution in [1.29, 1.82) is 0 Å². The van der Waals surface area contributed by atoms with E-state index in [9.17, 15) is 18.0 Å². The SMILES string of the molecule is COc1cc2c(cc1NC(=O)c1ccc(C(F)(F)F)cc1)CCCCN2. The summed E-state index contributed by atoms with van der Waals surface area (Å²) in [6.07, 6.45) is -1.44. The first-order valence-electron chi connectivity index (χ1n) is 8.32. The minimum Gasteiger partial charge on any atom is -0.494 e. The molecule has 2 aromatic rings. The van der Waals surface area contributed by atoms with Crippen molar-refractivity contribution in [2.45, 2.75) is 25.4 Å². The average molecular weight is 364 g/mol. The zero-order valence-corrected chi connectivity index (χ0v) is 14.2. The fraction of sp³-hybridized carbons (Fsp3) is 0.316. The summed E-state index contributed by atoms with van der Waals surface area (Å²) in [6, 6.07) is 7.81. The first kappa shape index (κ1) is 18.1. The second-order valence-corrected chi connectivity index (χ2v) is 6.12. The molecule has 7 heteroatoms. The Morgan fingerprint density at radius 1 is 1.15 bits per heavy atom. The van der Waals surface area contributed by atoms with Crippen molar-refractivity contribution < 1.29 is 22.7 Å². The highest BCUT2D eigenvalue weighted by Crippen LogP contribution is 2.34. The van der Waals surface area contributed by atoms with Crippen LogP contribution in [0, 0.1) is 0 Å². The number of anilines is 2. The van der Waals surface area contributed by atoms with Gasteiger partial charge in [0.15, 0.2) is 0 Å². The minimum absolute atomic E-state index is 0.146. The van der Waals surface area contributed by atoms with Crippen LogP contribution in [0.15, 0.2) is 36.4 Å². The number of hydrogen-bond donors (Lipinski definition) is 2. The van der Waals surface area contributed by atoms with E-state index in [1.165, 1.54) is 7.11 Å². The van der Waals surface area contributed by atoms with E-state index in [0.717, 1.165) is 61.3 Å². The van der Waals surface area contributed by atoms with Gasteiger partial charge >= 0.3 is 6.18 Å². The minimum atomic E-state index is -4.43. The van der Waals surface area contributed by atoms with Gasteiger partial charge in [0.2, 0.25) is 0 Å². The summed E-state index contributed by atoms with van der Waals surface area (Å²) in [4.78, 5) is 12.4. The summed E-state index contributed by atoms with van der Waals surface area (Å²) < 4.78 is 43.3. The van der Waals surface area contributed by atoms with Gasteiger partial charge in [0, 0.05) is 23.9 Å². The molecule has 0 fully saturated rings. The number of aryl methyl sites for hydroxylation is 1. The molecular weight excluding hydrogens is 345 g/mol. The molecule has 0 saturated heterocycles. The Morgan fingerprint density at radius 3 is 2.54 bits per heavy atom. The van der Waals surface area contributed by atoms with Crippen LogP contribution in [-0.2, 0) is 12.6 Å². The Hall–Kier alpha value is -2.70. The molecule has 2 aromatic carbocycles. The largest absolute Gasteiger partial charge is 0.494 e. The van der Waals surface area contributed by atoms with Crippen LogP contribution in [0.3, 0.4) is 0 Å². The molecule has 0 radical (unpaired) electrons. The molecule has 0 atom stereocenters. The van der Waals surface area contributed by atoms with Gasteiger partial charge in [-0.2, -0.15) is 13.2 Å². The van der Waals surface area contributed by atoms with Gasteiger partial charge in [-0.3, -0.25) is 4.79 Å². The topological polar surface area (TPSA) is 50.4 Å². The smallest absolute Gasteiger partial charge is 0.416 e. The molecule has 1 aliphatic rings. The van der Waals surface area contributed by atoms with Crippen LogP contribution in [0.25, 0.3) is 0 Å². The van der Waals surface area contributed by atoms with Gasteiger partial charge in [-0.05, 0) is 55.2 Å². The van der Waals surface area contributed by atoms with Crippen molar-refractivity contribution in [3.05, 3.63) is 53.1 Å². The second kappa shape index (κ2) is 7.27. The number of alkyl halides is 3. The lowest BCUT2D eigenvalue weighted by atomic mass is 10.1. The second-order valence-electron chi connectivity index (χ2n) is 6.12. The molecule has 1 amide bonds. The number of ether oxygens (including phenoxy) is 1. The highest BCUT2D eigenvalue weighted by Gasteiger charge is 2.30. The molecule has 26 heavy (non-hydrogen) atoms. The van der Waals surface area contributed by atoms with Crippen LogP contribution >= 0.6 is 0 Å². The van der Waals surface area contributed by atoms with Crippen LogP contribution in [0.1, 0.15) is 34.3 Å². The zero-order chi connectivity index (χ0) is 18.7. The standard InChI is InChI=1S/C19H19F3N2O2/c1-26-17-11-15-13(4-2-3-9-23-15)10-16(17)24-18(25)12-5-7-14(8-6-12)19(20,21)22/h5-8,10-11,23H,2-4,9H2,1H3,(H,24,25). The molecular formula is C19H19F3N2O2. The normalized spacial score (nSPS) is 14.0. The van der Waals surface area contributed by atoms with Gasteiger partial charge in [0.25, 0.3) is 5.91 Å². The lowest BCUT2D eigenvalue weighted by Crippen LogP contribution is -2.14. The van der Waals surface area contributed by atoms with Gasteiger partial charge in [-0.1, -0.05) is 0 Å². The van der Waals surface area contributed by atoms with E-state index in [1.54, 1.807) is 0 Å². The zero-order valence-electron chi connectivity index (χ0n) is 14.2. The van der Waals surface area contributed by atoms with Crippen molar-refractivity contribution in [1.82, 2.24) is 0 Å². The third-order valence-corrected chi connectivity index (χ3v) is 4.34. The summed E-state index contributed by atoms with van der Waals surface area (Å²) in [5, 5.41) is 6.07. The van der Waals surface area contributed by atoms with E-state index in [-0.39, 0.29) is 5.56 Å². The van der Waals surface area contributed by atoms with Crippen molar-refractivity contribution in [3.8, 4) is 5.75 Å². The van der Waals surface area contributed by atoms with Crippen molar-refractivity contribution in [2.24, 2.45) is 0 Å².